The molecule has 92 valence electrons. The van der Waals surface area contributed by atoms with Crippen LogP contribution in [0.1, 0.15) is 17.5 Å². The molecule has 1 aliphatic heterocycles. The Labute approximate surface area is 99.9 Å². The van der Waals surface area contributed by atoms with Crippen LogP contribution in [0, 0.1) is 24.0 Å². The van der Waals surface area contributed by atoms with Crippen LogP contribution in [0.3, 0.4) is 0 Å². The highest BCUT2D eigenvalue weighted by Crippen LogP contribution is 2.33. The first-order valence-corrected chi connectivity index (χ1v) is 5.71. The summed E-state index contributed by atoms with van der Waals surface area (Å²) in [6, 6.07) is 3.47. The van der Waals surface area contributed by atoms with E-state index in [2.05, 4.69) is 5.32 Å². The largest absolute Gasteiger partial charge is 0.482 e. The van der Waals surface area contributed by atoms with Crippen LogP contribution in [-0.4, -0.2) is 24.1 Å². The van der Waals surface area contributed by atoms with Crippen LogP contribution in [0.4, 0.5) is 5.69 Å². The second-order valence-electron chi connectivity index (χ2n) is 4.42. The Morgan fingerprint density at radius 2 is 2.24 bits per heavy atom. The van der Waals surface area contributed by atoms with Crippen molar-refractivity contribution in [1.82, 2.24) is 5.32 Å². The molecular weight excluding hydrogens is 220 g/mol. The predicted molar refractivity (Wildman–Crippen MR) is 64.5 cm³/mol. The first-order valence-electron chi connectivity index (χ1n) is 5.71. The van der Waals surface area contributed by atoms with Gasteiger partial charge in [0.05, 0.1) is 4.92 Å². The molecule has 0 spiro atoms. The summed E-state index contributed by atoms with van der Waals surface area (Å²) >= 11 is 0. The van der Waals surface area contributed by atoms with E-state index in [4.69, 9.17) is 4.74 Å². The Morgan fingerprint density at radius 3 is 2.82 bits per heavy atom. The van der Waals surface area contributed by atoms with Gasteiger partial charge >= 0.3 is 5.69 Å². The smallest absolute Gasteiger partial charge is 0.311 e. The minimum atomic E-state index is -0.377. The monoisotopic (exact) mass is 236 g/mol. The number of ether oxygens (including phenoxy) is 1. The Morgan fingerprint density at radius 1 is 1.47 bits per heavy atom. The van der Waals surface area contributed by atoms with E-state index in [0.29, 0.717) is 5.75 Å². The fraction of sp³-hybridized carbons (Fsp3) is 0.500. The van der Waals surface area contributed by atoms with Gasteiger partial charge in [0.25, 0.3) is 0 Å². The van der Waals surface area contributed by atoms with E-state index in [9.17, 15) is 10.1 Å². The van der Waals surface area contributed by atoms with Crippen molar-refractivity contribution in [2.45, 2.75) is 26.4 Å². The first kappa shape index (κ1) is 11.9. The van der Waals surface area contributed by atoms with E-state index in [1.807, 2.05) is 19.9 Å². The Balaban J connectivity index is 2.33. The van der Waals surface area contributed by atoms with Crippen LogP contribution in [0.15, 0.2) is 12.1 Å². The standard InChI is InChI=1S/C12H16N2O3/c1-8-5-9(2)12(11(6-8)14(15)16)17-10-3-4-13-7-10/h5-6,10,13H,3-4,7H2,1-2H3/t10-/m1/s1. The zero-order valence-corrected chi connectivity index (χ0v) is 10.0. The van der Waals surface area contributed by atoms with Gasteiger partial charge in [-0.3, -0.25) is 10.1 Å². The summed E-state index contributed by atoms with van der Waals surface area (Å²) in [5.41, 5.74) is 1.77. The number of nitrogens with one attached hydrogen (secondary N) is 1. The van der Waals surface area contributed by atoms with Gasteiger partial charge in [-0.15, -0.1) is 0 Å². The number of rotatable bonds is 3. The van der Waals surface area contributed by atoms with Gasteiger partial charge in [-0.25, -0.2) is 0 Å². The van der Waals surface area contributed by atoms with Gasteiger partial charge in [0.2, 0.25) is 0 Å². The van der Waals surface area contributed by atoms with Crippen molar-refractivity contribution in [2.24, 2.45) is 0 Å². The number of nitrogens with zero attached hydrogens (tertiary/aromatic N) is 1. The molecule has 1 aromatic carbocycles. The van der Waals surface area contributed by atoms with Crippen LogP contribution in [0.25, 0.3) is 0 Å². The van der Waals surface area contributed by atoms with Crippen molar-refractivity contribution in [3.05, 3.63) is 33.4 Å². The second-order valence-corrected chi connectivity index (χ2v) is 4.42. The quantitative estimate of drug-likeness (QED) is 0.643. The SMILES string of the molecule is Cc1cc(C)c(O[C@@H]2CCNC2)c([N+](=O)[O-])c1. The molecule has 0 bridgehead atoms. The van der Waals surface area contributed by atoms with Gasteiger partial charge in [0.1, 0.15) is 6.10 Å². The number of benzene rings is 1. The van der Waals surface area contributed by atoms with Gasteiger partial charge in [0, 0.05) is 12.6 Å². The van der Waals surface area contributed by atoms with E-state index in [1.165, 1.54) is 0 Å². The predicted octanol–water partition coefficient (Wildman–Crippen LogP) is 1.95. The maximum atomic E-state index is 11.0. The Bertz CT molecular complexity index is 440. The van der Waals surface area contributed by atoms with E-state index in [-0.39, 0.29) is 16.7 Å². The molecular formula is C12H16N2O3. The summed E-state index contributed by atoms with van der Waals surface area (Å²) in [4.78, 5) is 10.6. The molecule has 1 heterocycles. The molecule has 0 saturated carbocycles. The maximum Gasteiger partial charge on any atom is 0.311 e. The van der Waals surface area contributed by atoms with Crippen LogP contribution in [0.2, 0.25) is 0 Å². The van der Waals surface area contributed by atoms with E-state index in [1.54, 1.807) is 6.07 Å². The van der Waals surface area contributed by atoms with Crippen molar-refractivity contribution in [2.75, 3.05) is 13.1 Å². The third-order valence-electron chi connectivity index (χ3n) is 2.90. The fourth-order valence-electron chi connectivity index (χ4n) is 2.12. The molecule has 1 fully saturated rings. The molecule has 2 rings (SSSR count). The number of nitro groups is 1. The normalized spacial score (nSPS) is 19.3. The van der Waals surface area contributed by atoms with Crippen molar-refractivity contribution < 1.29 is 9.66 Å². The zero-order chi connectivity index (χ0) is 12.4. The van der Waals surface area contributed by atoms with E-state index in [0.717, 1.165) is 30.6 Å². The van der Waals surface area contributed by atoms with Crippen molar-refractivity contribution >= 4 is 5.69 Å². The maximum absolute atomic E-state index is 11.0. The number of aryl methyl sites for hydroxylation is 2. The molecule has 1 saturated heterocycles. The Hall–Kier alpha value is -1.62. The highest BCUT2D eigenvalue weighted by atomic mass is 16.6. The summed E-state index contributed by atoms with van der Waals surface area (Å²) in [6.45, 7) is 5.35. The molecule has 0 aromatic heterocycles. The molecule has 1 atom stereocenters. The molecule has 1 aromatic rings. The summed E-state index contributed by atoms with van der Waals surface area (Å²) < 4.78 is 5.75. The van der Waals surface area contributed by atoms with Gasteiger partial charge < -0.3 is 10.1 Å². The third kappa shape index (κ3) is 2.55. The summed E-state index contributed by atoms with van der Waals surface area (Å²) in [7, 11) is 0. The van der Waals surface area contributed by atoms with Crippen molar-refractivity contribution in [1.29, 1.82) is 0 Å². The van der Waals surface area contributed by atoms with Gasteiger partial charge in [0.15, 0.2) is 5.75 Å². The lowest BCUT2D eigenvalue weighted by Crippen LogP contribution is -2.20. The van der Waals surface area contributed by atoms with Gasteiger partial charge in [-0.1, -0.05) is 6.07 Å². The van der Waals surface area contributed by atoms with Crippen LogP contribution in [-0.2, 0) is 0 Å². The molecule has 5 heteroatoms. The molecule has 1 aliphatic rings. The fourth-order valence-corrected chi connectivity index (χ4v) is 2.12. The highest BCUT2D eigenvalue weighted by Gasteiger charge is 2.23. The highest BCUT2D eigenvalue weighted by molar-refractivity contribution is 5.53. The molecule has 0 aliphatic carbocycles. The lowest BCUT2D eigenvalue weighted by atomic mass is 10.1. The van der Waals surface area contributed by atoms with Crippen LogP contribution in [0.5, 0.6) is 5.75 Å². The molecule has 0 radical (unpaired) electrons. The summed E-state index contributed by atoms with van der Waals surface area (Å²) in [5, 5.41) is 14.2. The summed E-state index contributed by atoms with van der Waals surface area (Å²) in [6.07, 6.45) is 0.930. The minimum Gasteiger partial charge on any atom is -0.482 e. The lowest BCUT2D eigenvalue weighted by molar-refractivity contribution is -0.386. The molecule has 5 nitrogen and oxygen atoms in total. The zero-order valence-electron chi connectivity index (χ0n) is 10.0. The van der Waals surface area contributed by atoms with Gasteiger partial charge in [-0.05, 0) is 37.9 Å². The van der Waals surface area contributed by atoms with Crippen molar-refractivity contribution in [3.63, 3.8) is 0 Å². The average Bonchev–Trinajstić information content (AvgIpc) is 2.74. The number of hydrogen-bond donors (Lipinski definition) is 1. The van der Waals surface area contributed by atoms with Gasteiger partial charge in [-0.2, -0.15) is 0 Å². The molecule has 17 heavy (non-hydrogen) atoms. The Kier molecular flexibility index (Phi) is 3.28. The van der Waals surface area contributed by atoms with E-state index < -0.39 is 0 Å². The van der Waals surface area contributed by atoms with E-state index >= 15 is 0 Å². The summed E-state index contributed by atoms with van der Waals surface area (Å²) in [5.74, 6) is 0.411. The average molecular weight is 236 g/mol. The first-order chi connectivity index (χ1) is 8.08. The molecule has 1 N–H and O–H groups in total. The lowest BCUT2D eigenvalue weighted by Gasteiger charge is -2.15. The second kappa shape index (κ2) is 4.71. The van der Waals surface area contributed by atoms with Crippen molar-refractivity contribution in [3.8, 4) is 5.75 Å². The van der Waals surface area contributed by atoms with Crippen LogP contribution < -0.4 is 10.1 Å². The number of nitro benzene ring substituents is 1. The minimum absolute atomic E-state index is 0.0371. The van der Waals surface area contributed by atoms with Crippen LogP contribution >= 0.6 is 0 Å². The number of hydrogen-bond acceptors (Lipinski definition) is 4. The molecule has 0 amide bonds. The molecule has 0 unspecified atom stereocenters. The topological polar surface area (TPSA) is 64.4 Å². The third-order valence-corrected chi connectivity index (χ3v) is 2.90.